The van der Waals surface area contributed by atoms with Gasteiger partial charge in [0, 0.05) is 23.1 Å². The Labute approximate surface area is 123 Å². The van der Waals surface area contributed by atoms with E-state index in [9.17, 15) is 4.79 Å². The minimum Gasteiger partial charge on any atom is -0.349 e. The lowest BCUT2D eigenvalue weighted by Gasteiger charge is -2.29. The van der Waals surface area contributed by atoms with Crippen LogP contribution < -0.4 is 11.1 Å². The van der Waals surface area contributed by atoms with E-state index in [0.29, 0.717) is 18.8 Å². The van der Waals surface area contributed by atoms with E-state index in [-0.39, 0.29) is 10.7 Å². The molecule has 0 bridgehead atoms. The number of hydrogen-bond acceptors (Lipinski definition) is 5. The summed E-state index contributed by atoms with van der Waals surface area (Å²) < 4.78 is 0.131. The Balaban J connectivity index is 2.58. The van der Waals surface area contributed by atoms with E-state index in [4.69, 9.17) is 5.73 Å². The van der Waals surface area contributed by atoms with Crippen molar-refractivity contribution in [3.63, 3.8) is 0 Å². The second kappa shape index (κ2) is 7.87. The van der Waals surface area contributed by atoms with Crippen LogP contribution in [0.1, 0.15) is 42.2 Å². The van der Waals surface area contributed by atoms with Crippen molar-refractivity contribution in [2.75, 3.05) is 19.3 Å². The molecule has 19 heavy (non-hydrogen) atoms. The van der Waals surface area contributed by atoms with Gasteiger partial charge in [-0.1, -0.05) is 13.8 Å². The lowest BCUT2D eigenvalue weighted by Crippen LogP contribution is -2.39. The molecular formula is C13H23N3OS2. The first kappa shape index (κ1) is 16.5. The van der Waals surface area contributed by atoms with Crippen molar-refractivity contribution in [3.05, 3.63) is 16.1 Å². The first-order valence-corrected chi connectivity index (χ1v) is 8.69. The van der Waals surface area contributed by atoms with Gasteiger partial charge in [-0.05, 0) is 25.6 Å². The van der Waals surface area contributed by atoms with Crippen molar-refractivity contribution in [3.8, 4) is 0 Å². The summed E-state index contributed by atoms with van der Waals surface area (Å²) in [5.41, 5.74) is 5.99. The van der Waals surface area contributed by atoms with Crippen LogP contribution in [0.15, 0.2) is 5.38 Å². The Morgan fingerprint density at radius 3 is 2.74 bits per heavy atom. The van der Waals surface area contributed by atoms with Crippen molar-refractivity contribution in [2.24, 2.45) is 5.73 Å². The average molecular weight is 301 g/mol. The molecule has 0 saturated carbocycles. The fourth-order valence-electron chi connectivity index (χ4n) is 1.85. The van der Waals surface area contributed by atoms with Gasteiger partial charge in [0.25, 0.3) is 5.91 Å². The fourth-order valence-corrected chi connectivity index (χ4v) is 3.43. The van der Waals surface area contributed by atoms with Gasteiger partial charge in [0.1, 0.15) is 5.69 Å². The SMILES string of the molecule is CCC(CC)(CNC(=O)c1csc(CCN)n1)SC. The summed E-state index contributed by atoms with van der Waals surface area (Å²) in [7, 11) is 0. The smallest absolute Gasteiger partial charge is 0.270 e. The van der Waals surface area contributed by atoms with Crippen LogP contribution in [0.25, 0.3) is 0 Å². The predicted octanol–water partition coefficient (Wildman–Crippen LogP) is 2.30. The molecule has 0 radical (unpaired) electrons. The van der Waals surface area contributed by atoms with Gasteiger partial charge in [0.2, 0.25) is 0 Å². The van der Waals surface area contributed by atoms with E-state index in [1.807, 2.05) is 11.8 Å². The lowest BCUT2D eigenvalue weighted by molar-refractivity contribution is 0.0944. The fraction of sp³-hybridized carbons (Fsp3) is 0.692. The number of amides is 1. The number of carbonyl (C=O) groups excluding carboxylic acids is 1. The number of carbonyl (C=O) groups is 1. The maximum atomic E-state index is 12.0. The van der Waals surface area contributed by atoms with Crippen LogP contribution in [0.3, 0.4) is 0 Å². The van der Waals surface area contributed by atoms with Gasteiger partial charge in [-0.15, -0.1) is 11.3 Å². The molecule has 6 heteroatoms. The van der Waals surface area contributed by atoms with E-state index >= 15 is 0 Å². The average Bonchev–Trinajstić information content (AvgIpc) is 2.90. The minimum absolute atomic E-state index is 0.0835. The Morgan fingerprint density at radius 2 is 2.21 bits per heavy atom. The van der Waals surface area contributed by atoms with Crippen LogP contribution in [-0.4, -0.2) is 35.0 Å². The second-order valence-electron chi connectivity index (χ2n) is 4.44. The molecule has 0 unspecified atom stereocenters. The molecule has 3 N–H and O–H groups in total. The molecule has 0 aliphatic carbocycles. The number of thioether (sulfide) groups is 1. The number of nitrogens with zero attached hydrogens (tertiary/aromatic N) is 1. The number of hydrogen-bond donors (Lipinski definition) is 2. The van der Waals surface area contributed by atoms with Gasteiger partial charge >= 0.3 is 0 Å². The molecule has 0 spiro atoms. The Hall–Kier alpha value is -0.590. The summed E-state index contributed by atoms with van der Waals surface area (Å²) in [6.45, 7) is 5.57. The van der Waals surface area contributed by atoms with E-state index in [1.165, 1.54) is 11.3 Å². The molecule has 4 nitrogen and oxygen atoms in total. The highest BCUT2D eigenvalue weighted by Gasteiger charge is 2.25. The molecular weight excluding hydrogens is 278 g/mol. The molecule has 1 aromatic rings. The molecule has 1 rings (SSSR count). The highest BCUT2D eigenvalue weighted by atomic mass is 32.2. The van der Waals surface area contributed by atoms with Crippen LogP contribution in [0, 0.1) is 0 Å². The third kappa shape index (κ3) is 4.47. The molecule has 0 aliphatic rings. The van der Waals surface area contributed by atoms with Crippen molar-refractivity contribution in [1.82, 2.24) is 10.3 Å². The summed E-state index contributed by atoms with van der Waals surface area (Å²) in [5.74, 6) is -0.0835. The number of nitrogens with two attached hydrogens (primary N) is 1. The zero-order valence-corrected chi connectivity index (χ0v) is 13.5. The normalized spacial score (nSPS) is 11.6. The van der Waals surface area contributed by atoms with Crippen LogP contribution in [0.2, 0.25) is 0 Å². The molecule has 1 amide bonds. The van der Waals surface area contributed by atoms with Crippen LogP contribution in [-0.2, 0) is 6.42 Å². The molecule has 108 valence electrons. The number of aromatic nitrogens is 1. The second-order valence-corrected chi connectivity index (χ2v) is 6.66. The van der Waals surface area contributed by atoms with Gasteiger partial charge in [0.05, 0.1) is 5.01 Å². The van der Waals surface area contributed by atoms with E-state index in [2.05, 4.69) is 30.4 Å². The maximum absolute atomic E-state index is 12.0. The number of rotatable bonds is 8. The summed E-state index contributed by atoms with van der Waals surface area (Å²) >= 11 is 3.31. The summed E-state index contributed by atoms with van der Waals surface area (Å²) in [6, 6.07) is 0. The van der Waals surface area contributed by atoms with Gasteiger partial charge in [-0.3, -0.25) is 4.79 Å². The molecule has 0 aromatic carbocycles. The van der Waals surface area contributed by atoms with Crippen LogP contribution >= 0.6 is 23.1 Å². The van der Waals surface area contributed by atoms with Gasteiger partial charge < -0.3 is 11.1 Å². The third-order valence-electron chi connectivity index (χ3n) is 3.44. The van der Waals surface area contributed by atoms with Gasteiger partial charge in [-0.25, -0.2) is 4.98 Å². The van der Waals surface area contributed by atoms with Crippen molar-refractivity contribution in [2.45, 2.75) is 37.9 Å². The number of thiazole rings is 1. The van der Waals surface area contributed by atoms with E-state index in [0.717, 1.165) is 24.3 Å². The summed E-state index contributed by atoms with van der Waals surface area (Å²) in [6.07, 6.45) is 4.92. The van der Waals surface area contributed by atoms with Gasteiger partial charge in [-0.2, -0.15) is 11.8 Å². The monoisotopic (exact) mass is 301 g/mol. The summed E-state index contributed by atoms with van der Waals surface area (Å²) in [5, 5.41) is 5.73. The van der Waals surface area contributed by atoms with Crippen LogP contribution in [0.5, 0.6) is 0 Å². The highest BCUT2D eigenvalue weighted by molar-refractivity contribution is 8.00. The standard InChI is InChI=1S/C13H23N3OS2/c1-4-13(5-2,18-3)9-15-12(17)10-8-19-11(16-10)6-7-14/h8H,4-7,9,14H2,1-3H3,(H,15,17). The Bertz CT molecular complexity index is 394. The lowest BCUT2D eigenvalue weighted by atomic mass is 10.0. The van der Waals surface area contributed by atoms with Crippen LogP contribution in [0.4, 0.5) is 0 Å². The quantitative estimate of drug-likeness (QED) is 0.773. The Morgan fingerprint density at radius 1 is 1.53 bits per heavy atom. The highest BCUT2D eigenvalue weighted by Crippen LogP contribution is 2.29. The van der Waals surface area contributed by atoms with Crippen molar-refractivity contribution >= 4 is 29.0 Å². The first-order valence-electron chi connectivity index (χ1n) is 6.58. The topological polar surface area (TPSA) is 68.0 Å². The van der Waals surface area contributed by atoms with E-state index in [1.54, 1.807) is 5.38 Å². The third-order valence-corrected chi connectivity index (χ3v) is 5.93. The molecule has 0 saturated heterocycles. The largest absolute Gasteiger partial charge is 0.349 e. The van der Waals surface area contributed by atoms with Gasteiger partial charge in [0.15, 0.2) is 0 Å². The summed E-state index contributed by atoms with van der Waals surface area (Å²) in [4.78, 5) is 16.3. The molecule has 0 atom stereocenters. The molecule has 0 fully saturated rings. The Kier molecular flexibility index (Phi) is 6.82. The molecule has 1 heterocycles. The minimum atomic E-state index is -0.0835. The van der Waals surface area contributed by atoms with Crippen molar-refractivity contribution in [1.29, 1.82) is 0 Å². The predicted molar refractivity (Wildman–Crippen MR) is 84.0 cm³/mol. The maximum Gasteiger partial charge on any atom is 0.270 e. The zero-order chi connectivity index (χ0) is 14.3. The molecule has 1 aromatic heterocycles. The molecule has 0 aliphatic heterocycles. The zero-order valence-electron chi connectivity index (χ0n) is 11.9. The first-order chi connectivity index (χ1) is 9.10. The van der Waals surface area contributed by atoms with E-state index < -0.39 is 0 Å². The number of nitrogens with one attached hydrogen (secondary N) is 1. The van der Waals surface area contributed by atoms with Crippen molar-refractivity contribution < 1.29 is 4.79 Å².